The number of thiophene rings is 2. The van der Waals surface area contributed by atoms with E-state index in [-0.39, 0.29) is 0 Å². The number of nitrogens with zero attached hydrogens (tertiary/aromatic N) is 1. The van der Waals surface area contributed by atoms with Crippen molar-refractivity contribution in [2.75, 3.05) is 0 Å². The fraction of sp³-hybridized carbons (Fsp3) is 0.263. The SMILES string of the molecule is O=S(=O)(c1ccc2c(c1)CCC2)N(Cc1cccs1)Cc1cccs1. The number of rotatable bonds is 6. The maximum absolute atomic E-state index is 13.3. The Morgan fingerprint density at radius 1 is 0.880 bits per heavy atom. The van der Waals surface area contributed by atoms with E-state index >= 15 is 0 Å². The van der Waals surface area contributed by atoms with Crippen molar-refractivity contribution in [3.8, 4) is 0 Å². The van der Waals surface area contributed by atoms with E-state index in [2.05, 4.69) is 0 Å². The lowest BCUT2D eigenvalue weighted by Gasteiger charge is -2.21. The van der Waals surface area contributed by atoms with E-state index in [0.717, 1.165) is 29.0 Å². The van der Waals surface area contributed by atoms with Crippen LogP contribution in [0.15, 0.2) is 58.1 Å². The summed E-state index contributed by atoms with van der Waals surface area (Å²) in [6, 6.07) is 13.6. The van der Waals surface area contributed by atoms with Crippen LogP contribution in [0.3, 0.4) is 0 Å². The summed E-state index contributed by atoms with van der Waals surface area (Å²) in [6.07, 6.45) is 3.16. The molecule has 0 amide bonds. The molecule has 0 atom stereocenters. The van der Waals surface area contributed by atoms with Gasteiger partial charge in [0, 0.05) is 22.8 Å². The Morgan fingerprint density at radius 2 is 1.52 bits per heavy atom. The zero-order chi connectivity index (χ0) is 17.3. The molecule has 0 bridgehead atoms. The summed E-state index contributed by atoms with van der Waals surface area (Å²) in [6.45, 7) is 0.823. The fourth-order valence-electron chi connectivity index (χ4n) is 3.24. The number of hydrogen-bond donors (Lipinski definition) is 0. The first-order valence-electron chi connectivity index (χ1n) is 8.30. The minimum atomic E-state index is -3.53. The van der Waals surface area contributed by atoms with E-state index in [1.807, 2.05) is 47.2 Å². The van der Waals surface area contributed by atoms with Crippen LogP contribution in [0.4, 0.5) is 0 Å². The molecule has 1 aromatic carbocycles. The van der Waals surface area contributed by atoms with Gasteiger partial charge in [0.1, 0.15) is 0 Å². The summed E-state index contributed by atoms with van der Waals surface area (Å²) in [5.41, 5.74) is 2.48. The van der Waals surface area contributed by atoms with E-state index in [1.165, 1.54) is 11.1 Å². The number of hydrogen-bond acceptors (Lipinski definition) is 4. The minimum absolute atomic E-state index is 0.412. The van der Waals surface area contributed by atoms with Crippen molar-refractivity contribution in [2.24, 2.45) is 0 Å². The van der Waals surface area contributed by atoms with E-state index in [0.29, 0.717) is 18.0 Å². The van der Waals surface area contributed by atoms with Crippen LogP contribution in [0.5, 0.6) is 0 Å². The molecule has 3 aromatic rings. The highest BCUT2D eigenvalue weighted by atomic mass is 32.2. The first-order valence-corrected chi connectivity index (χ1v) is 11.5. The highest BCUT2D eigenvalue weighted by Gasteiger charge is 2.27. The molecule has 2 heterocycles. The molecule has 0 saturated heterocycles. The average molecular weight is 390 g/mol. The van der Waals surface area contributed by atoms with Crippen molar-refractivity contribution in [1.82, 2.24) is 4.31 Å². The van der Waals surface area contributed by atoms with Gasteiger partial charge in [-0.3, -0.25) is 0 Å². The van der Waals surface area contributed by atoms with Gasteiger partial charge in [-0.15, -0.1) is 22.7 Å². The van der Waals surface area contributed by atoms with Crippen molar-refractivity contribution in [1.29, 1.82) is 0 Å². The maximum Gasteiger partial charge on any atom is 0.243 e. The zero-order valence-corrected chi connectivity index (χ0v) is 16.2. The van der Waals surface area contributed by atoms with Crippen molar-refractivity contribution >= 4 is 32.7 Å². The van der Waals surface area contributed by atoms with Crippen LogP contribution >= 0.6 is 22.7 Å². The molecule has 25 heavy (non-hydrogen) atoms. The lowest BCUT2D eigenvalue weighted by Crippen LogP contribution is -2.29. The molecule has 1 aliphatic carbocycles. The smallest absolute Gasteiger partial charge is 0.207 e. The normalized spacial score (nSPS) is 14.1. The Morgan fingerprint density at radius 3 is 2.12 bits per heavy atom. The van der Waals surface area contributed by atoms with Crippen molar-refractivity contribution in [3.05, 3.63) is 74.1 Å². The summed E-state index contributed by atoms with van der Waals surface area (Å²) in [5.74, 6) is 0. The molecule has 130 valence electrons. The lowest BCUT2D eigenvalue weighted by molar-refractivity contribution is 0.407. The van der Waals surface area contributed by atoms with Gasteiger partial charge >= 0.3 is 0 Å². The van der Waals surface area contributed by atoms with Crippen LogP contribution in [0.1, 0.15) is 27.3 Å². The van der Waals surface area contributed by atoms with Gasteiger partial charge in [-0.05, 0) is 65.4 Å². The second-order valence-electron chi connectivity index (χ2n) is 6.22. The van der Waals surface area contributed by atoms with Crippen molar-refractivity contribution in [2.45, 2.75) is 37.2 Å². The summed E-state index contributed by atoms with van der Waals surface area (Å²) in [4.78, 5) is 2.53. The van der Waals surface area contributed by atoms with Crippen LogP contribution in [0, 0.1) is 0 Å². The van der Waals surface area contributed by atoms with Gasteiger partial charge < -0.3 is 0 Å². The summed E-state index contributed by atoms with van der Waals surface area (Å²) < 4.78 is 28.2. The maximum atomic E-state index is 13.3. The Hall–Kier alpha value is -1.47. The number of benzene rings is 1. The monoisotopic (exact) mass is 389 g/mol. The quantitative estimate of drug-likeness (QED) is 0.613. The third-order valence-corrected chi connectivity index (χ3v) is 8.04. The average Bonchev–Trinajstić information content (AvgIpc) is 3.36. The Labute approximate surface area is 156 Å². The Bertz CT molecular complexity index is 908. The highest BCUT2D eigenvalue weighted by molar-refractivity contribution is 7.89. The Balaban J connectivity index is 1.68. The number of fused-ring (bicyclic) bond motifs is 1. The molecule has 4 rings (SSSR count). The molecular formula is C19H19NO2S3. The first kappa shape index (κ1) is 17.0. The van der Waals surface area contributed by atoms with Gasteiger partial charge in [0.15, 0.2) is 0 Å². The van der Waals surface area contributed by atoms with E-state index in [4.69, 9.17) is 0 Å². The molecule has 6 heteroatoms. The lowest BCUT2D eigenvalue weighted by atomic mass is 10.1. The molecule has 1 aliphatic rings. The van der Waals surface area contributed by atoms with E-state index in [1.54, 1.807) is 33.0 Å². The van der Waals surface area contributed by atoms with Gasteiger partial charge in [0.25, 0.3) is 0 Å². The second kappa shape index (κ2) is 7.03. The summed E-state index contributed by atoms with van der Waals surface area (Å²) in [5, 5.41) is 3.97. The molecule has 0 spiro atoms. The molecule has 2 aromatic heterocycles. The largest absolute Gasteiger partial charge is 0.243 e. The molecule has 0 fully saturated rings. The van der Waals surface area contributed by atoms with Crippen molar-refractivity contribution < 1.29 is 8.42 Å². The van der Waals surface area contributed by atoms with E-state index < -0.39 is 10.0 Å². The molecule has 0 radical (unpaired) electrons. The standard InChI is InChI=1S/C19H19NO2S3/c21-25(22,19-9-8-15-4-1-5-16(15)12-19)20(13-17-6-2-10-23-17)14-18-7-3-11-24-18/h2-3,6-12H,1,4-5,13-14H2. The van der Waals surface area contributed by atoms with Crippen LogP contribution in [-0.4, -0.2) is 12.7 Å². The molecule has 0 N–H and O–H groups in total. The highest BCUT2D eigenvalue weighted by Crippen LogP contribution is 2.28. The zero-order valence-electron chi connectivity index (χ0n) is 13.7. The van der Waals surface area contributed by atoms with Crippen LogP contribution in [0.25, 0.3) is 0 Å². The van der Waals surface area contributed by atoms with Gasteiger partial charge in [0.05, 0.1) is 4.90 Å². The third kappa shape index (κ3) is 3.58. The van der Waals surface area contributed by atoms with Gasteiger partial charge in [-0.25, -0.2) is 8.42 Å². The van der Waals surface area contributed by atoms with Crippen LogP contribution < -0.4 is 0 Å². The van der Waals surface area contributed by atoms with E-state index in [9.17, 15) is 8.42 Å². The first-order chi connectivity index (χ1) is 12.1. The number of aryl methyl sites for hydroxylation is 2. The van der Waals surface area contributed by atoms with Crippen LogP contribution in [0.2, 0.25) is 0 Å². The predicted molar refractivity (Wildman–Crippen MR) is 104 cm³/mol. The van der Waals surface area contributed by atoms with Gasteiger partial charge in [0.2, 0.25) is 10.0 Å². The predicted octanol–water partition coefficient (Wildman–Crippen LogP) is 4.69. The molecule has 0 unspecified atom stereocenters. The van der Waals surface area contributed by atoms with Crippen molar-refractivity contribution in [3.63, 3.8) is 0 Å². The minimum Gasteiger partial charge on any atom is -0.207 e. The van der Waals surface area contributed by atoms with Gasteiger partial charge in [-0.1, -0.05) is 18.2 Å². The molecule has 0 aliphatic heterocycles. The second-order valence-corrected chi connectivity index (χ2v) is 10.2. The van der Waals surface area contributed by atoms with Gasteiger partial charge in [-0.2, -0.15) is 4.31 Å². The fourth-order valence-corrected chi connectivity index (χ4v) is 6.29. The Kier molecular flexibility index (Phi) is 4.78. The third-order valence-electron chi connectivity index (χ3n) is 4.53. The summed E-state index contributed by atoms with van der Waals surface area (Å²) in [7, 11) is -3.53. The molecular weight excluding hydrogens is 370 g/mol. The summed E-state index contributed by atoms with van der Waals surface area (Å²) >= 11 is 3.19. The van der Waals surface area contributed by atoms with Crippen LogP contribution in [-0.2, 0) is 36.0 Å². The topological polar surface area (TPSA) is 37.4 Å². The molecule has 3 nitrogen and oxygen atoms in total. The molecule has 0 saturated carbocycles. The number of sulfonamides is 1.